The van der Waals surface area contributed by atoms with E-state index in [1.165, 1.54) is 17.8 Å². The predicted molar refractivity (Wildman–Crippen MR) is 92.8 cm³/mol. The third kappa shape index (κ3) is 5.28. The van der Waals surface area contributed by atoms with Crippen molar-refractivity contribution in [1.82, 2.24) is 15.2 Å². The Hall–Kier alpha value is -1.47. The van der Waals surface area contributed by atoms with Gasteiger partial charge in [-0.15, -0.1) is 11.3 Å². The smallest absolute Gasteiger partial charge is 0.270 e. The van der Waals surface area contributed by atoms with E-state index in [2.05, 4.69) is 27.4 Å². The molecule has 0 radical (unpaired) electrons. The van der Waals surface area contributed by atoms with E-state index in [0.29, 0.717) is 35.8 Å². The zero-order chi connectivity index (χ0) is 16.8. The van der Waals surface area contributed by atoms with E-state index in [-0.39, 0.29) is 11.8 Å². The van der Waals surface area contributed by atoms with Crippen molar-refractivity contribution >= 4 is 28.3 Å². The van der Waals surface area contributed by atoms with E-state index < -0.39 is 0 Å². The number of rotatable bonds is 7. The van der Waals surface area contributed by atoms with Crippen molar-refractivity contribution in [1.29, 1.82) is 0 Å². The highest BCUT2D eigenvalue weighted by atomic mass is 32.1. The number of carbonyl (C=O) groups is 2. The van der Waals surface area contributed by atoms with Gasteiger partial charge in [-0.2, -0.15) is 0 Å². The molecule has 1 aromatic heterocycles. The Labute approximate surface area is 141 Å². The van der Waals surface area contributed by atoms with Crippen LogP contribution in [0.5, 0.6) is 0 Å². The highest BCUT2D eigenvalue weighted by molar-refractivity contribution is 7.14. The van der Waals surface area contributed by atoms with Crippen molar-refractivity contribution < 1.29 is 9.59 Å². The van der Waals surface area contributed by atoms with E-state index >= 15 is 0 Å². The van der Waals surface area contributed by atoms with Gasteiger partial charge in [-0.25, -0.2) is 4.98 Å². The second-order valence-electron chi connectivity index (χ2n) is 6.32. The zero-order valence-corrected chi connectivity index (χ0v) is 14.9. The van der Waals surface area contributed by atoms with Gasteiger partial charge in [0.1, 0.15) is 5.69 Å². The Morgan fingerprint density at radius 1 is 1.48 bits per heavy atom. The van der Waals surface area contributed by atoms with Gasteiger partial charge < -0.3 is 10.6 Å². The fourth-order valence-electron chi connectivity index (χ4n) is 2.82. The Morgan fingerprint density at radius 2 is 2.26 bits per heavy atom. The van der Waals surface area contributed by atoms with Crippen LogP contribution in [0.15, 0.2) is 5.38 Å². The van der Waals surface area contributed by atoms with Crippen molar-refractivity contribution in [2.24, 2.45) is 5.92 Å². The van der Waals surface area contributed by atoms with Crippen LogP contribution >= 0.6 is 11.3 Å². The maximum absolute atomic E-state index is 12.2. The number of carbonyl (C=O) groups excluding carboxylic acids is 2. The van der Waals surface area contributed by atoms with Crippen LogP contribution in [0.4, 0.5) is 5.13 Å². The number of hydrogen-bond donors (Lipinski definition) is 2. The van der Waals surface area contributed by atoms with Crippen molar-refractivity contribution in [2.75, 3.05) is 25.0 Å². The molecule has 1 aliphatic rings. The van der Waals surface area contributed by atoms with Crippen LogP contribution in [0.2, 0.25) is 0 Å². The van der Waals surface area contributed by atoms with E-state index in [1.54, 1.807) is 5.38 Å². The van der Waals surface area contributed by atoms with Crippen LogP contribution < -0.4 is 10.6 Å². The summed E-state index contributed by atoms with van der Waals surface area (Å²) >= 11 is 1.28. The Kier molecular flexibility index (Phi) is 6.53. The molecule has 2 rings (SSSR count). The van der Waals surface area contributed by atoms with E-state index in [4.69, 9.17) is 0 Å². The summed E-state index contributed by atoms with van der Waals surface area (Å²) in [6, 6.07) is 0.424. The summed E-state index contributed by atoms with van der Waals surface area (Å²) in [6.07, 6.45) is 2.77. The summed E-state index contributed by atoms with van der Waals surface area (Å²) in [4.78, 5) is 30.5. The Morgan fingerprint density at radius 3 is 2.96 bits per heavy atom. The molecule has 7 heteroatoms. The molecule has 1 fully saturated rings. The first-order valence-corrected chi connectivity index (χ1v) is 9.15. The van der Waals surface area contributed by atoms with E-state index in [9.17, 15) is 9.59 Å². The number of likely N-dealkylation sites (tertiary alicyclic amines) is 1. The van der Waals surface area contributed by atoms with Gasteiger partial charge in [0.05, 0.1) is 0 Å². The van der Waals surface area contributed by atoms with Crippen LogP contribution in [0.3, 0.4) is 0 Å². The number of nitrogens with one attached hydrogen (secondary N) is 2. The molecule has 128 valence electrons. The lowest BCUT2D eigenvalue weighted by Gasteiger charge is -2.22. The minimum Gasteiger partial charge on any atom is -0.349 e. The molecule has 0 bridgehead atoms. The molecule has 2 N–H and O–H groups in total. The summed E-state index contributed by atoms with van der Waals surface area (Å²) in [6.45, 7) is 8.90. The monoisotopic (exact) mass is 338 g/mol. The van der Waals surface area contributed by atoms with Crippen LogP contribution in [0, 0.1) is 5.92 Å². The molecule has 1 aliphatic heterocycles. The molecule has 0 unspecified atom stereocenters. The average Bonchev–Trinajstić information content (AvgIpc) is 3.12. The number of aromatic nitrogens is 1. The first-order valence-electron chi connectivity index (χ1n) is 8.27. The third-order valence-electron chi connectivity index (χ3n) is 3.98. The summed E-state index contributed by atoms with van der Waals surface area (Å²) in [5.74, 6) is 0.0602. The predicted octanol–water partition coefficient (Wildman–Crippen LogP) is 2.34. The van der Waals surface area contributed by atoms with Gasteiger partial charge in [0, 0.05) is 24.4 Å². The van der Waals surface area contributed by atoms with Crippen LogP contribution in [-0.4, -0.2) is 47.4 Å². The lowest BCUT2D eigenvalue weighted by atomic mass is 10.1. The number of nitrogens with zero attached hydrogens (tertiary/aromatic N) is 2. The highest BCUT2D eigenvalue weighted by Crippen LogP contribution is 2.18. The minimum atomic E-state index is -0.173. The molecule has 23 heavy (non-hydrogen) atoms. The van der Waals surface area contributed by atoms with Crippen molar-refractivity contribution in [2.45, 2.75) is 46.1 Å². The maximum Gasteiger partial charge on any atom is 0.270 e. The first kappa shape index (κ1) is 17.9. The summed E-state index contributed by atoms with van der Waals surface area (Å²) in [7, 11) is 0. The Bertz CT molecular complexity index is 544. The quantitative estimate of drug-likeness (QED) is 0.800. The molecule has 2 heterocycles. The van der Waals surface area contributed by atoms with Crippen LogP contribution in [0.1, 0.15) is 50.5 Å². The van der Waals surface area contributed by atoms with Crippen molar-refractivity contribution in [3.05, 3.63) is 11.1 Å². The minimum absolute atomic E-state index is 0.0640. The van der Waals surface area contributed by atoms with Gasteiger partial charge in [-0.05, 0) is 31.8 Å². The highest BCUT2D eigenvalue weighted by Gasteiger charge is 2.23. The zero-order valence-electron chi connectivity index (χ0n) is 14.1. The van der Waals surface area contributed by atoms with Gasteiger partial charge in [-0.3, -0.25) is 14.5 Å². The second kappa shape index (κ2) is 8.40. The summed E-state index contributed by atoms with van der Waals surface area (Å²) in [5.41, 5.74) is 0.371. The van der Waals surface area contributed by atoms with Crippen LogP contribution in [-0.2, 0) is 4.79 Å². The fraction of sp³-hybridized carbons (Fsp3) is 0.688. The Balaban J connectivity index is 1.82. The molecule has 0 aliphatic carbocycles. The molecular formula is C16H26N4O2S. The SMILES string of the molecule is CCN1CCC[C@@H]1CNC(=O)c1csc(NC(=O)CC(C)C)n1. The maximum atomic E-state index is 12.2. The molecule has 6 nitrogen and oxygen atoms in total. The number of amides is 2. The molecular weight excluding hydrogens is 312 g/mol. The topological polar surface area (TPSA) is 74.3 Å². The molecule has 1 atom stereocenters. The molecule has 0 aromatic carbocycles. The van der Waals surface area contributed by atoms with E-state index in [0.717, 1.165) is 19.5 Å². The lowest BCUT2D eigenvalue weighted by Crippen LogP contribution is -2.40. The summed E-state index contributed by atoms with van der Waals surface area (Å²) < 4.78 is 0. The molecule has 2 amide bonds. The van der Waals surface area contributed by atoms with Gasteiger partial charge in [0.25, 0.3) is 5.91 Å². The van der Waals surface area contributed by atoms with Gasteiger partial charge in [0.15, 0.2) is 5.13 Å². The fourth-order valence-corrected chi connectivity index (χ4v) is 3.53. The second-order valence-corrected chi connectivity index (χ2v) is 7.18. The van der Waals surface area contributed by atoms with Gasteiger partial charge >= 0.3 is 0 Å². The van der Waals surface area contributed by atoms with Crippen molar-refractivity contribution in [3.8, 4) is 0 Å². The van der Waals surface area contributed by atoms with Gasteiger partial charge in [0.2, 0.25) is 5.91 Å². The average molecular weight is 338 g/mol. The number of likely N-dealkylation sites (N-methyl/N-ethyl adjacent to an activating group) is 1. The lowest BCUT2D eigenvalue weighted by molar-refractivity contribution is -0.116. The number of hydrogen-bond acceptors (Lipinski definition) is 5. The molecule has 0 spiro atoms. The number of thiazole rings is 1. The first-order chi connectivity index (χ1) is 11.0. The summed E-state index contributed by atoms with van der Waals surface area (Å²) in [5, 5.41) is 7.87. The normalized spacial score (nSPS) is 18.3. The third-order valence-corrected chi connectivity index (χ3v) is 4.74. The molecule has 0 saturated carbocycles. The molecule has 1 aromatic rings. The standard InChI is InChI=1S/C16H26N4O2S/c1-4-20-7-5-6-12(20)9-17-15(22)13-10-23-16(18-13)19-14(21)8-11(2)3/h10-12H,4-9H2,1-3H3,(H,17,22)(H,18,19,21)/t12-/m1/s1. The van der Waals surface area contributed by atoms with Crippen LogP contribution in [0.25, 0.3) is 0 Å². The number of anilines is 1. The largest absolute Gasteiger partial charge is 0.349 e. The van der Waals surface area contributed by atoms with Crippen molar-refractivity contribution in [3.63, 3.8) is 0 Å². The van der Waals surface area contributed by atoms with Gasteiger partial charge in [-0.1, -0.05) is 20.8 Å². The van der Waals surface area contributed by atoms with E-state index in [1.807, 2.05) is 13.8 Å². The molecule has 1 saturated heterocycles.